The molecule has 1 saturated heterocycles. The average Bonchev–Trinajstić information content (AvgIpc) is 3.13. The molecule has 1 fully saturated rings. The first-order valence-corrected chi connectivity index (χ1v) is 11.4. The van der Waals surface area contributed by atoms with Crippen LogP contribution in [-0.4, -0.2) is 66.5 Å². The van der Waals surface area contributed by atoms with E-state index in [4.69, 9.17) is 9.47 Å². The van der Waals surface area contributed by atoms with E-state index in [1.807, 2.05) is 12.1 Å². The monoisotopic (exact) mass is 464 g/mol. The number of methoxy groups -OCH3 is 1. The Balaban J connectivity index is 2.06. The standard InChI is InChI=1S/C27H32N2O5/c1-5-17-34-21-13-11-19(12-14-21)25(30)23-24(20-9-8-10-22(18-20)33-4)29(27(32)26(23)31)16-15-28(6-2)7-3/h5,8-14,18,24,30H,1,6-7,15-17H2,2-4H3/t24-/m1/s1. The van der Waals surface area contributed by atoms with Crippen LogP contribution in [-0.2, 0) is 9.59 Å². The molecule has 1 heterocycles. The van der Waals surface area contributed by atoms with Gasteiger partial charge in [-0.25, -0.2) is 0 Å². The molecule has 1 aliphatic heterocycles. The lowest BCUT2D eigenvalue weighted by Crippen LogP contribution is -2.38. The van der Waals surface area contributed by atoms with Crippen LogP contribution in [0, 0.1) is 0 Å². The molecule has 2 aromatic rings. The van der Waals surface area contributed by atoms with Crippen LogP contribution in [0.15, 0.2) is 66.8 Å². The topological polar surface area (TPSA) is 79.3 Å². The second kappa shape index (κ2) is 11.5. The summed E-state index contributed by atoms with van der Waals surface area (Å²) in [4.78, 5) is 30.0. The van der Waals surface area contributed by atoms with Gasteiger partial charge in [-0.15, -0.1) is 0 Å². The van der Waals surface area contributed by atoms with Crippen molar-refractivity contribution in [2.75, 3.05) is 39.9 Å². The third-order valence-electron chi connectivity index (χ3n) is 6.00. The third-order valence-corrected chi connectivity index (χ3v) is 6.00. The Morgan fingerprint density at radius 1 is 1.12 bits per heavy atom. The zero-order valence-electron chi connectivity index (χ0n) is 20.0. The van der Waals surface area contributed by atoms with E-state index in [2.05, 4.69) is 25.3 Å². The van der Waals surface area contributed by atoms with Crippen molar-refractivity contribution >= 4 is 17.4 Å². The summed E-state index contributed by atoms with van der Waals surface area (Å²) in [6.07, 6.45) is 1.64. The Bertz CT molecular complexity index is 1060. The molecule has 2 aromatic carbocycles. The minimum absolute atomic E-state index is 0.0672. The van der Waals surface area contributed by atoms with Crippen molar-refractivity contribution in [1.29, 1.82) is 0 Å². The second-order valence-corrected chi connectivity index (χ2v) is 7.92. The molecule has 0 saturated carbocycles. The minimum atomic E-state index is -0.720. The number of ketones is 1. The van der Waals surface area contributed by atoms with Gasteiger partial charge in [-0.2, -0.15) is 0 Å². The van der Waals surface area contributed by atoms with Gasteiger partial charge in [0.2, 0.25) is 0 Å². The molecular weight excluding hydrogens is 432 g/mol. The van der Waals surface area contributed by atoms with Crippen LogP contribution < -0.4 is 9.47 Å². The predicted molar refractivity (Wildman–Crippen MR) is 132 cm³/mol. The molecule has 1 atom stereocenters. The summed E-state index contributed by atoms with van der Waals surface area (Å²) < 4.78 is 10.9. The number of carbonyl (C=O) groups excluding carboxylic acids is 2. The van der Waals surface area contributed by atoms with Gasteiger partial charge in [0, 0.05) is 18.7 Å². The molecule has 0 aromatic heterocycles. The van der Waals surface area contributed by atoms with Gasteiger partial charge in [-0.05, 0) is 55.1 Å². The lowest BCUT2D eigenvalue weighted by atomic mass is 9.95. The first-order chi connectivity index (χ1) is 16.4. The lowest BCUT2D eigenvalue weighted by molar-refractivity contribution is -0.140. The van der Waals surface area contributed by atoms with Gasteiger partial charge in [-0.1, -0.05) is 38.6 Å². The van der Waals surface area contributed by atoms with E-state index < -0.39 is 17.7 Å². The van der Waals surface area contributed by atoms with Crippen molar-refractivity contribution in [3.8, 4) is 11.5 Å². The minimum Gasteiger partial charge on any atom is -0.507 e. The van der Waals surface area contributed by atoms with Crippen molar-refractivity contribution in [2.24, 2.45) is 0 Å². The molecule has 0 bridgehead atoms. The molecule has 0 unspecified atom stereocenters. The van der Waals surface area contributed by atoms with Crippen LogP contribution in [0.2, 0.25) is 0 Å². The summed E-state index contributed by atoms with van der Waals surface area (Å²) in [6.45, 7) is 10.8. The normalized spacial score (nSPS) is 17.3. The molecule has 0 spiro atoms. The number of hydrogen-bond acceptors (Lipinski definition) is 6. The number of likely N-dealkylation sites (N-methyl/N-ethyl adjacent to an activating group) is 1. The highest BCUT2D eigenvalue weighted by Crippen LogP contribution is 2.40. The number of nitrogens with zero attached hydrogens (tertiary/aromatic N) is 2. The van der Waals surface area contributed by atoms with Gasteiger partial charge in [-0.3, -0.25) is 9.59 Å². The first-order valence-electron chi connectivity index (χ1n) is 11.4. The molecule has 180 valence electrons. The van der Waals surface area contributed by atoms with E-state index in [0.29, 0.717) is 42.3 Å². The highest BCUT2D eigenvalue weighted by Gasteiger charge is 2.46. The number of hydrogen-bond donors (Lipinski definition) is 1. The largest absolute Gasteiger partial charge is 0.507 e. The number of likely N-dealkylation sites (tertiary alicyclic amines) is 1. The molecule has 1 N–H and O–H groups in total. The number of benzene rings is 2. The van der Waals surface area contributed by atoms with Gasteiger partial charge in [0.15, 0.2) is 0 Å². The maximum Gasteiger partial charge on any atom is 0.295 e. The molecule has 34 heavy (non-hydrogen) atoms. The van der Waals surface area contributed by atoms with Gasteiger partial charge in [0.05, 0.1) is 18.7 Å². The highest BCUT2D eigenvalue weighted by atomic mass is 16.5. The van der Waals surface area contributed by atoms with E-state index >= 15 is 0 Å². The van der Waals surface area contributed by atoms with E-state index in [9.17, 15) is 14.7 Å². The lowest BCUT2D eigenvalue weighted by Gasteiger charge is -2.28. The highest BCUT2D eigenvalue weighted by molar-refractivity contribution is 6.46. The van der Waals surface area contributed by atoms with Crippen molar-refractivity contribution in [1.82, 2.24) is 9.80 Å². The van der Waals surface area contributed by atoms with E-state index in [1.165, 1.54) is 0 Å². The number of aliphatic hydroxyl groups excluding tert-OH is 1. The van der Waals surface area contributed by atoms with Gasteiger partial charge < -0.3 is 24.4 Å². The smallest absolute Gasteiger partial charge is 0.295 e. The fourth-order valence-electron chi connectivity index (χ4n) is 4.08. The molecular formula is C27H32N2O5. The Morgan fingerprint density at radius 3 is 2.44 bits per heavy atom. The van der Waals surface area contributed by atoms with Crippen LogP contribution in [0.4, 0.5) is 0 Å². The fourth-order valence-corrected chi connectivity index (χ4v) is 4.08. The maximum absolute atomic E-state index is 13.2. The number of ether oxygens (including phenoxy) is 2. The Labute approximate surface area is 200 Å². The van der Waals surface area contributed by atoms with E-state index in [1.54, 1.807) is 54.5 Å². The predicted octanol–water partition coefficient (Wildman–Crippen LogP) is 4.02. The molecule has 7 nitrogen and oxygen atoms in total. The quantitative estimate of drug-likeness (QED) is 0.234. The third kappa shape index (κ3) is 5.31. The van der Waals surface area contributed by atoms with Crippen molar-refractivity contribution in [3.63, 3.8) is 0 Å². The van der Waals surface area contributed by atoms with E-state index in [-0.39, 0.29) is 11.3 Å². The first kappa shape index (κ1) is 25.1. The number of Topliss-reactive ketones (excluding diaryl/α,β-unsaturated/α-hetero) is 1. The van der Waals surface area contributed by atoms with Gasteiger partial charge >= 0.3 is 0 Å². The van der Waals surface area contributed by atoms with Crippen LogP contribution in [0.3, 0.4) is 0 Å². The summed E-state index contributed by atoms with van der Waals surface area (Å²) in [5, 5.41) is 11.2. The molecule has 0 radical (unpaired) electrons. The van der Waals surface area contributed by atoms with Crippen molar-refractivity contribution in [3.05, 3.63) is 77.9 Å². The number of carbonyl (C=O) groups is 2. The van der Waals surface area contributed by atoms with Crippen molar-refractivity contribution in [2.45, 2.75) is 19.9 Å². The Hall–Kier alpha value is -3.58. The van der Waals surface area contributed by atoms with Crippen LogP contribution >= 0.6 is 0 Å². The summed E-state index contributed by atoms with van der Waals surface area (Å²) in [5.41, 5.74) is 1.20. The van der Waals surface area contributed by atoms with Crippen LogP contribution in [0.5, 0.6) is 11.5 Å². The van der Waals surface area contributed by atoms with Crippen LogP contribution in [0.25, 0.3) is 5.76 Å². The number of rotatable bonds is 11. The van der Waals surface area contributed by atoms with Gasteiger partial charge in [0.1, 0.15) is 23.9 Å². The zero-order valence-corrected chi connectivity index (χ0v) is 20.0. The van der Waals surface area contributed by atoms with E-state index in [0.717, 1.165) is 13.1 Å². The Morgan fingerprint density at radius 2 is 1.82 bits per heavy atom. The molecule has 3 rings (SSSR count). The summed E-state index contributed by atoms with van der Waals surface area (Å²) in [5.74, 6) is -0.313. The summed E-state index contributed by atoms with van der Waals surface area (Å²) in [6, 6.07) is 13.3. The van der Waals surface area contributed by atoms with Crippen molar-refractivity contribution < 1.29 is 24.2 Å². The number of aliphatic hydroxyl groups is 1. The SMILES string of the molecule is C=CCOc1ccc(C(O)=C2C(=O)C(=O)N(CCN(CC)CC)[C@@H]2c2cccc(OC)c2)cc1. The summed E-state index contributed by atoms with van der Waals surface area (Å²) in [7, 11) is 1.56. The van der Waals surface area contributed by atoms with Gasteiger partial charge in [0.25, 0.3) is 11.7 Å². The molecule has 1 amide bonds. The molecule has 7 heteroatoms. The Kier molecular flexibility index (Phi) is 8.49. The molecule has 1 aliphatic rings. The second-order valence-electron chi connectivity index (χ2n) is 7.92. The number of amides is 1. The fraction of sp³-hybridized carbons (Fsp3) is 0.333. The van der Waals surface area contributed by atoms with Crippen LogP contribution in [0.1, 0.15) is 31.0 Å². The molecule has 0 aliphatic carbocycles. The summed E-state index contributed by atoms with van der Waals surface area (Å²) >= 11 is 0. The average molecular weight is 465 g/mol. The maximum atomic E-state index is 13.2. The zero-order chi connectivity index (χ0) is 24.7.